The SMILES string of the molecule is CCc1ccccc1N(CC(=O)N(Cc1ccc(C)cc1)[C@@H](C)C(=O)NC1CCCC1)S(=O)(=O)c1ccccc1. The molecule has 1 saturated carbocycles. The van der Waals surface area contributed by atoms with Crippen molar-refractivity contribution >= 4 is 27.5 Å². The lowest BCUT2D eigenvalue weighted by Crippen LogP contribution is -2.52. The van der Waals surface area contributed by atoms with E-state index in [0.717, 1.165) is 42.4 Å². The largest absolute Gasteiger partial charge is 0.352 e. The lowest BCUT2D eigenvalue weighted by Gasteiger charge is -2.33. The van der Waals surface area contributed by atoms with E-state index in [1.165, 1.54) is 21.3 Å². The number of rotatable bonds is 11. The van der Waals surface area contributed by atoms with Crippen LogP contribution in [0, 0.1) is 6.92 Å². The molecule has 0 heterocycles. The summed E-state index contributed by atoms with van der Waals surface area (Å²) < 4.78 is 29.1. The van der Waals surface area contributed by atoms with Crippen molar-refractivity contribution in [2.24, 2.45) is 0 Å². The highest BCUT2D eigenvalue weighted by molar-refractivity contribution is 7.92. The molecule has 1 fully saturated rings. The lowest BCUT2D eigenvalue weighted by atomic mass is 10.1. The summed E-state index contributed by atoms with van der Waals surface area (Å²) in [7, 11) is -4.07. The zero-order chi connectivity index (χ0) is 28.7. The average Bonchev–Trinajstić information content (AvgIpc) is 3.48. The summed E-state index contributed by atoms with van der Waals surface area (Å²) in [6, 6.07) is 22.5. The number of benzene rings is 3. The Balaban J connectivity index is 1.70. The molecule has 0 saturated heterocycles. The summed E-state index contributed by atoms with van der Waals surface area (Å²) in [6.07, 6.45) is 4.62. The van der Waals surface area contributed by atoms with Crippen molar-refractivity contribution in [3.8, 4) is 0 Å². The Hall–Kier alpha value is -3.65. The van der Waals surface area contributed by atoms with Gasteiger partial charge in [-0.25, -0.2) is 8.42 Å². The highest BCUT2D eigenvalue weighted by Crippen LogP contribution is 2.28. The number of carbonyl (C=O) groups excluding carboxylic acids is 2. The monoisotopic (exact) mass is 561 g/mol. The maximum Gasteiger partial charge on any atom is 0.264 e. The second kappa shape index (κ2) is 13.1. The van der Waals surface area contributed by atoms with Crippen LogP contribution < -0.4 is 9.62 Å². The van der Waals surface area contributed by atoms with Gasteiger partial charge in [-0.05, 0) is 62.4 Å². The lowest BCUT2D eigenvalue weighted by molar-refractivity contribution is -0.139. The molecule has 4 rings (SSSR count). The van der Waals surface area contributed by atoms with E-state index in [2.05, 4.69) is 5.32 Å². The first-order valence-corrected chi connectivity index (χ1v) is 15.5. The predicted octanol–water partition coefficient (Wildman–Crippen LogP) is 5.23. The summed E-state index contributed by atoms with van der Waals surface area (Å²) in [6.45, 7) is 5.41. The van der Waals surface area contributed by atoms with Crippen molar-refractivity contribution in [3.63, 3.8) is 0 Å². The first-order chi connectivity index (χ1) is 19.2. The van der Waals surface area contributed by atoms with E-state index in [1.54, 1.807) is 37.3 Å². The number of para-hydroxylation sites is 1. The summed E-state index contributed by atoms with van der Waals surface area (Å²) in [5.74, 6) is -0.668. The summed E-state index contributed by atoms with van der Waals surface area (Å²) >= 11 is 0. The topological polar surface area (TPSA) is 86.8 Å². The van der Waals surface area contributed by atoms with Gasteiger partial charge in [-0.1, -0.05) is 86.0 Å². The van der Waals surface area contributed by atoms with Crippen LogP contribution in [-0.2, 0) is 32.6 Å². The molecule has 3 aromatic carbocycles. The zero-order valence-corrected chi connectivity index (χ0v) is 24.4. The van der Waals surface area contributed by atoms with Gasteiger partial charge in [0.05, 0.1) is 10.6 Å². The molecule has 0 radical (unpaired) electrons. The van der Waals surface area contributed by atoms with Gasteiger partial charge < -0.3 is 10.2 Å². The molecule has 40 heavy (non-hydrogen) atoms. The molecule has 8 heteroatoms. The van der Waals surface area contributed by atoms with Crippen LogP contribution in [0.3, 0.4) is 0 Å². The smallest absolute Gasteiger partial charge is 0.264 e. The van der Waals surface area contributed by atoms with E-state index in [4.69, 9.17) is 0 Å². The number of hydrogen-bond acceptors (Lipinski definition) is 4. The van der Waals surface area contributed by atoms with Crippen molar-refractivity contribution < 1.29 is 18.0 Å². The quantitative estimate of drug-likeness (QED) is 0.347. The second-order valence-electron chi connectivity index (χ2n) is 10.5. The van der Waals surface area contributed by atoms with Crippen molar-refractivity contribution in [1.29, 1.82) is 0 Å². The average molecular weight is 562 g/mol. The van der Waals surface area contributed by atoms with Gasteiger partial charge in [0.1, 0.15) is 12.6 Å². The Morgan fingerprint density at radius 1 is 0.925 bits per heavy atom. The molecular weight excluding hydrogens is 522 g/mol. The van der Waals surface area contributed by atoms with E-state index in [1.807, 2.05) is 50.2 Å². The molecule has 0 aromatic heterocycles. The minimum absolute atomic E-state index is 0.103. The van der Waals surface area contributed by atoms with E-state index in [0.29, 0.717) is 12.1 Å². The minimum atomic E-state index is -4.07. The van der Waals surface area contributed by atoms with Gasteiger partial charge in [-0.15, -0.1) is 0 Å². The third kappa shape index (κ3) is 6.91. The van der Waals surface area contributed by atoms with Crippen LogP contribution in [0.25, 0.3) is 0 Å². The summed E-state index contributed by atoms with van der Waals surface area (Å²) in [5, 5.41) is 3.10. The molecule has 212 valence electrons. The first-order valence-electron chi connectivity index (χ1n) is 14.0. The summed E-state index contributed by atoms with van der Waals surface area (Å²) in [4.78, 5) is 29.0. The minimum Gasteiger partial charge on any atom is -0.352 e. The molecule has 1 aliphatic rings. The highest BCUT2D eigenvalue weighted by Gasteiger charge is 2.33. The number of aryl methyl sites for hydroxylation is 2. The molecular formula is C32H39N3O4S. The van der Waals surface area contributed by atoms with Crippen LogP contribution in [0.2, 0.25) is 0 Å². The van der Waals surface area contributed by atoms with Gasteiger partial charge in [-0.2, -0.15) is 0 Å². The van der Waals surface area contributed by atoms with Crippen molar-refractivity contribution in [1.82, 2.24) is 10.2 Å². The maximum atomic E-state index is 14.1. The van der Waals surface area contributed by atoms with E-state index in [-0.39, 0.29) is 23.4 Å². The Morgan fingerprint density at radius 3 is 2.20 bits per heavy atom. The van der Waals surface area contributed by atoms with Gasteiger partial charge in [0.25, 0.3) is 10.0 Å². The number of hydrogen-bond donors (Lipinski definition) is 1. The Bertz CT molecular complexity index is 1400. The number of anilines is 1. The molecule has 1 aliphatic carbocycles. The molecule has 0 aliphatic heterocycles. The normalized spacial score (nSPS) is 14.5. The zero-order valence-electron chi connectivity index (χ0n) is 23.5. The number of sulfonamides is 1. The highest BCUT2D eigenvalue weighted by atomic mass is 32.2. The van der Waals surface area contributed by atoms with Crippen molar-refractivity contribution in [2.45, 2.75) is 76.4 Å². The fraction of sp³-hybridized carbons (Fsp3) is 0.375. The predicted molar refractivity (Wildman–Crippen MR) is 158 cm³/mol. The Kier molecular flexibility index (Phi) is 9.63. The van der Waals surface area contributed by atoms with Crippen LogP contribution in [-0.4, -0.2) is 43.8 Å². The van der Waals surface area contributed by atoms with E-state index in [9.17, 15) is 18.0 Å². The van der Waals surface area contributed by atoms with Crippen LogP contribution in [0.5, 0.6) is 0 Å². The maximum absolute atomic E-state index is 14.1. The number of nitrogens with one attached hydrogen (secondary N) is 1. The number of nitrogens with zero attached hydrogens (tertiary/aromatic N) is 2. The van der Waals surface area contributed by atoms with Gasteiger partial charge in [0.2, 0.25) is 11.8 Å². The molecule has 0 bridgehead atoms. The van der Waals surface area contributed by atoms with Crippen LogP contribution >= 0.6 is 0 Å². The third-order valence-electron chi connectivity index (χ3n) is 7.59. The van der Waals surface area contributed by atoms with Gasteiger partial charge in [0.15, 0.2) is 0 Å². The second-order valence-corrected chi connectivity index (χ2v) is 12.3. The van der Waals surface area contributed by atoms with Gasteiger partial charge in [0, 0.05) is 12.6 Å². The van der Waals surface area contributed by atoms with Crippen LogP contribution in [0.4, 0.5) is 5.69 Å². The van der Waals surface area contributed by atoms with E-state index < -0.39 is 28.5 Å². The molecule has 3 aromatic rings. The number of carbonyl (C=O) groups is 2. The van der Waals surface area contributed by atoms with Crippen molar-refractivity contribution in [2.75, 3.05) is 10.8 Å². The van der Waals surface area contributed by atoms with Gasteiger partial charge >= 0.3 is 0 Å². The standard InChI is InChI=1S/C32H39N3O4S/c1-4-27-12-8-11-17-30(27)35(40(38,39)29-15-6-5-7-16-29)23-31(36)34(22-26-20-18-24(2)19-21-26)25(3)32(37)33-28-13-9-10-14-28/h5-8,11-12,15-21,25,28H,4,9-10,13-14,22-23H2,1-3H3,(H,33,37)/t25-/m0/s1. The Morgan fingerprint density at radius 2 is 1.55 bits per heavy atom. The van der Waals surface area contributed by atoms with Gasteiger partial charge in [-0.3, -0.25) is 13.9 Å². The molecule has 2 amide bonds. The number of amides is 2. The molecule has 0 spiro atoms. The fourth-order valence-electron chi connectivity index (χ4n) is 5.15. The fourth-order valence-corrected chi connectivity index (χ4v) is 6.62. The van der Waals surface area contributed by atoms with Crippen molar-refractivity contribution in [3.05, 3.63) is 95.6 Å². The Labute approximate surface area is 238 Å². The first kappa shape index (κ1) is 29.3. The summed E-state index contributed by atoms with van der Waals surface area (Å²) in [5.41, 5.74) is 3.23. The van der Waals surface area contributed by atoms with Crippen LogP contribution in [0.15, 0.2) is 83.8 Å². The van der Waals surface area contributed by atoms with Crippen LogP contribution in [0.1, 0.15) is 56.2 Å². The molecule has 7 nitrogen and oxygen atoms in total. The molecule has 1 atom stereocenters. The third-order valence-corrected chi connectivity index (χ3v) is 9.37. The molecule has 1 N–H and O–H groups in total. The van der Waals surface area contributed by atoms with E-state index >= 15 is 0 Å². The molecule has 0 unspecified atom stereocenters.